The molecule has 0 aliphatic carbocycles. The largest absolute Gasteiger partial charge is 0.453 e. The summed E-state index contributed by atoms with van der Waals surface area (Å²) in [4.78, 5) is 7.79. The van der Waals surface area contributed by atoms with E-state index in [9.17, 15) is 0 Å². The summed E-state index contributed by atoms with van der Waals surface area (Å²) in [5, 5.41) is 7.18. The molecule has 0 fully saturated rings. The lowest BCUT2D eigenvalue weighted by Crippen LogP contribution is -1.98. The molecule has 7 heteroatoms. The van der Waals surface area contributed by atoms with Crippen LogP contribution in [-0.2, 0) is 6.61 Å². The number of aryl methyl sites for hydroxylation is 2. The SMILES string of the molecule is Cc1nc(COc2noc(C)n2)no1. The van der Waals surface area contributed by atoms with Gasteiger partial charge in [-0.1, -0.05) is 5.16 Å². The van der Waals surface area contributed by atoms with Gasteiger partial charge in [-0.05, 0) is 5.16 Å². The molecule has 0 amide bonds. The van der Waals surface area contributed by atoms with Crippen LogP contribution in [-0.4, -0.2) is 20.3 Å². The lowest BCUT2D eigenvalue weighted by Gasteiger charge is -1.93. The Morgan fingerprint density at radius 2 is 1.79 bits per heavy atom. The van der Waals surface area contributed by atoms with E-state index in [0.717, 1.165) is 0 Å². The first-order valence-electron chi connectivity index (χ1n) is 3.96. The van der Waals surface area contributed by atoms with Crippen LogP contribution >= 0.6 is 0 Å². The predicted molar refractivity (Wildman–Crippen MR) is 42.4 cm³/mol. The van der Waals surface area contributed by atoms with Gasteiger partial charge in [0.2, 0.25) is 17.6 Å². The van der Waals surface area contributed by atoms with Crippen molar-refractivity contribution in [3.05, 3.63) is 17.6 Å². The van der Waals surface area contributed by atoms with Crippen LogP contribution in [0.2, 0.25) is 0 Å². The van der Waals surface area contributed by atoms with Crippen molar-refractivity contribution in [2.75, 3.05) is 0 Å². The molecule has 2 aromatic heterocycles. The van der Waals surface area contributed by atoms with Gasteiger partial charge < -0.3 is 13.8 Å². The summed E-state index contributed by atoms with van der Waals surface area (Å²) in [6.45, 7) is 3.55. The second-order valence-corrected chi connectivity index (χ2v) is 2.61. The summed E-state index contributed by atoms with van der Waals surface area (Å²) in [5.41, 5.74) is 0. The molecule has 0 N–H and O–H groups in total. The highest BCUT2D eigenvalue weighted by Gasteiger charge is 2.06. The Morgan fingerprint density at radius 1 is 1.07 bits per heavy atom. The van der Waals surface area contributed by atoms with Gasteiger partial charge in [-0.15, -0.1) is 0 Å². The maximum absolute atomic E-state index is 5.13. The molecule has 0 spiro atoms. The number of aromatic nitrogens is 4. The van der Waals surface area contributed by atoms with Gasteiger partial charge in [-0.3, -0.25) is 0 Å². The first-order chi connectivity index (χ1) is 6.74. The summed E-state index contributed by atoms with van der Waals surface area (Å²) in [7, 11) is 0. The zero-order chi connectivity index (χ0) is 9.97. The molecular weight excluding hydrogens is 188 g/mol. The minimum atomic E-state index is 0.163. The molecule has 2 aromatic rings. The van der Waals surface area contributed by atoms with Crippen molar-refractivity contribution in [2.45, 2.75) is 20.5 Å². The summed E-state index contributed by atoms with van der Waals surface area (Å²) < 4.78 is 14.6. The minimum absolute atomic E-state index is 0.163. The van der Waals surface area contributed by atoms with E-state index in [1.807, 2.05) is 0 Å². The normalized spacial score (nSPS) is 10.4. The third-order valence-corrected chi connectivity index (χ3v) is 1.41. The molecule has 0 radical (unpaired) electrons. The van der Waals surface area contributed by atoms with Gasteiger partial charge in [0.1, 0.15) is 0 Å². The molecule has 0 unspecified atom stereocenters. The number of hydrogen-bond acceptors (Lipinski definition) is 7. The van der Waals surface area contributed by atoms with E-state index >= 15 is 0 Å². The number of ether oxygens (including phenoxy) is 1. The van der Waals surface area contributed by atoms with E-state index in [4.69, 9.17) is 13.8 Å². The van der Waals surface area contributed by atoms with Crippen LogP contribution in [0.1, 0.15) is 17.6 Å². The highest BCUT2D eigenvalue weighted by atomic mass is 16.6. The molecule has 7 nitrogen and oxygen atoms in total. The number of hydrogen-bond donors (Lipinski definition) is 0. The molecule has 0 saturated heterocycles. The Labute approximate surface area is 79.1 Å². The quantitative estimate of drug-likeness (QED) is 0.711. The fourth-order valence-electron chi connectivity index (χ4n) is 0.868. The molecule has 0 bridgehead atoms. The zero-order valence-corrected chi connectivity index (χ0v) is 7.72. The van der Waals surface area contributed by atoms with E-state index in [0.29, 0.717) is 17.6 Å². The van der Waals surface area contributed by atoms with Gasteiger partial charge in [0.15, 0.2) is 6.61 Å². The molecule has 0 aliphatic rings. The first-order valence-corrected chi connectivity index (χ1v) is 3.96. The van der Waals surface area contributed by atoms with Gasteiger partial charge in [0.25, 0.3) is 0 Å². The summed E-state index contributed by atoms with van der Waals surface area (Å²) in [6, 6.07) is 0.171. The van der Waals surface area contributed by atoms with Gasteiger partial charge in [0.05, 0.1) is 0 Å². The molecule has 2 rings (SSSR count). The monoisotopic (exact) mass is 196 g/mol. The van der Waals surface area contributed by atoms with Crippen molar-refractivity contribution >= 4 is 0 Å². The first kappa shape index (κ1) is 8.67. The lowest BCUT2D eigenvalue weighted by molar-refractivity contribution is 0.249. The van der Waals surface area contributed by atoms with Crippen molar-refractivity contribution in [1.29, 1.82) is 0 Å². The molecular formula is C7H8N4O3. The van der Waals surface area contributed by atoms with Crippen LogP contribution in [0.5, 0.6) is 6.01 Å². The van der Waals surface area contributed by atoms with Gasteiger partial charge in [0, 0.05) is 13.8 Å². The molecule has 0 saturated carbocycles. The summed E-state index contributed by atoms with van der Waals surface area (Å²) in [5.74, 6) is 1.39. The lowest BCUT2D eigenvalue weighted by atomic mass is 10.6. The second kappa shape index (κ2) is 3.44. The third-order valence-electron chi connectivity index (χ3n) is 1.41. The Hall–Kier alpha value is -1.92. The van der Waals surface area contributed by atoms with E-state index in [1.54, 1.807) is 13.8 Å². The molecule has 74 valence electrons. The summed E-state index contributed by atoms with van der Waals surface area (Å²) in [6.07, 6.45) is 0. The van der Waals surface area contributed by atoms with Crippen molar-refractivity contribution in [3.8, 4) is 6.01 Å². The van der Waals surface area contributed by atoms with Crippen molar-refractivity contribution < 1.29 is 13.8 Å². The molecule has 2 heterocycles. The van der Waals surface area contributed by atoms with Crippen LogP contribution in [0.4, 0.5) is 0 Å². The van der Waals surface area contributed by atoms with Gasteiger partial charge >= 0.3 is 6.01 Å². The average Bonchev–Trinajstić information content (AvgIpc) is 2.72. The fraction of sp³-hybridized carbons (Fsp3) is 0.429. The van der Waals surface area contributed by atoms with Crippen LogP contribution in [0.15, 0.2) is 9.05 Å². The molecule has 0 atom stereocenters. The Balaban J connectivity index is 1.94. The van der Waals surface area contributed by atoms with E-state index in [2.05, 4.69) is 20.3 Å². The van der Waals surface area contributed by atoms with E-state index < -0.39 is 0 Å². The number of nitrogens with zero attached hydrogens (tertiary/aromatic N) is 4. The molecule has 0 aromatic carbocycles. The standard InChI is InChI=1S/C7H8N4O3/c1-4-8-6(10-13-4)3-12-7-9-5(2)14-11-7/h3H2,1-2H3. The Morgan fingerprint density at radius 3 is 2.36 bits per heavy atom. The van der Waals surface area contributed by atoms with Crippen molar-refractivity contribution in [1.82, 2.24) is 20.3 Å². The van der Waals surface area contributed by atoms with E-state index in [1.165, 1.54) is 0 Å². The maximum Gasteiger partial charge on any atom is 0.354 e. The smallest absolute Gasteiger partial charge is 0.354 e. The van der Waals surface area contributed by atoms with Crippen molar-refractivity contribution in [2.24, 2.45) is 0 Å². The summed E-state index contributed by atoms with van der Waals surface area (Å²) >= 11 is 0. The maximum atomic E-state index is 5.13. The van der Waals surface area contributed by atoms with Crippen molar-refractivity contribution in [3.63, 3.8) is 0 Å². The van der Waals surface area contributed by atoms with Gasteiger partial charge in [-0.25, -0.2) is 0 Å². The minimum Gasteiger partial charge on any atom is -0.453 e. The van der Waals surface area contributed by atoms with Crippen LogP contribution in [0.3, 0.4) is 0 Å². The van der Waals surface area contributed by atoms with Crippen LogP contribution < -0.4 is 4.74 Å². The second-order valence-electron chi connectivity index (χ2n) is 2.61. The Kier molecular flexibility index (Phi) is 2.13. The van der Waals surface area contributed by atoms with Gasteiger partial charge in [-0.2, -0.15) is 9.97 Å². The fourth-order valence-corrected chi connectivity index (χ4v) is 0.868. The number of rotatable bonds is 3. The van der Waals surface area contributed by atoms with E-state index in [-0.39, 0.29) is 12.6 Å². The highest BCUT2D eigenvalue weighted by Crippen LogP contribution is 2.05. The predicted octanol–water partition coefficient (Wildman–Crippen LogP) is 0.648. The molecule has 14 heavy (non-hydrogen) atoms. The third kappa shape index (κ3) is 1.87. The highest BCUT2D eigenvalue weighted by molar-refractivity contribution is 4.91. The Bertz CT molecular complexity index is 382. The zero-order valence-electron chi connectivity index (χ0n) is 7.72. The topological polar surface area (TPSA) is 87.1 Å². The average molecular weight is 196 g/mol. The van der Waals surface area contributed by atoms with Crippen LogP contribution in [0.25, 0.3) is 0 Å². The van der Waals surface area contributed by atoms with Crippen LogP contribution in [0, 0.1) is 13.8 Å². The molecule has 0 aliphatic heterocycles.